The molecular weight excluding hydrogens is 226 g/mol. The van der Waals surface area contributed by atoms with Gasteiger partial charge in [0.1, 0.15) is 6.54 Å². The van der Waals surface area contributed by atoms with E-state index in [9.17, 15) is 4.79 Å². The van der Waals surface area contributed by atoms with Crippen molar-refractivity contribution in [3.63, 3.8) is 0 Å². The number of carbonyl (C=O) groups is 1. The summed E-state index contributed by atoms with van der Waals surface area (Å²) in [6, 6.07) is 7.60. The predicted molar refractivity (Wildman–Crippen MR) is 72.7 cm³/mol. The maximum Gasteiger partial charge on any atom is 0.337 e. The van der Waals surface area contributed by atoms with E-state index in [0.717, 1.165) is 19.6 Å². The number of hydrogen-bond acceptors (Lipinski definition) is 2. The number of methoxy groups -OCH3 is 1. The standard InChI is InChI=1S/C15H21NO2/c1-5-16(10-12(2)3)11-13-6-8-14(9-7-13)15(17)18-4/h6-9H,2,5,10-11H2,1,3-4H3/p+1. The van der Waals surface area contributed by atoms with Crippen molar-refractivity contribution in [2.45, 2.75) is 20.4 Å². The zero-order valence-electron chi connectivity index (χ0n) is 11.5. The van der Waals surface area contributed by atoms with Gasteiger partial charge in [0.15, 0.2) is 0 Å². The lowest BCUT2D eigenvalue weighted by molar-refractivity contribution is -0.907. The highest BCUT2D eigenvalue weighted by atomic mass is 16.5. The minimum absolute atomic E-state index is 0.289. The second kappa shape index (κ2) is 6.97. The summed E-state index contributed by atoms with van der Waals surface area (Å²) in [5.74, 6) is -0.289. The summed E-state index contributed by atoms with van der Waals surface area (Å²) in [6.45, 7) is 11.2. The molecule has 0 heterocycles. The van der Waals surface area contributed by atoms with Crippen molar-refractivity contribution in [3.8, 4) is 0 Å². The van der Waals surface area contributed by atoms with Gasteiger partial charge in [0, 0.05) is 5.56 Å². The van der Waals surface area contributed by atoms with E-state index >= 15 is 0 Å². The highest BCUT2D eigenvalue weighted by molar-refractivity contribution is 5.89. The van der Waals surface area contributed by atoms with Crippen LogP contribution >= 0.6 is 0 Å². The summed E-state index contributed by atoms with van der Waals surface area (Å²) in [4.78, 5) is 12.8. The van der Waals surface area contributed by atoms with Crippen LogP contribution in [-0.4, -0.2) is 26.2 Å². The number of likely N-dealkylation sites (N-methyl/N-ethyl adjacent to an activating group) is 1. The van der Waals surface area contributed by atoms with E-state index in [0.29, 0.717) is 5.56 Å². The molecule has 0 fully saturated rings. The molecule has 98 valence electrons. The molecule has 1 N–H and O–H groups in total. The second-order valence-electron chi connectivity index (χ2n) is 4.60. The smallest absolute Gasteiger partial charge is 0.337 e. The van der Waals surface area contributed by atoms with Gasteiger partial charge >= 0.3 is 5.97 Å². The molecule has 0 radical (unpaired) electrons. The monoisotopic (exact) mass is 248 g/mol. The van der Waals surface area contributed by atoms with Gasteiger partial charge in [-0.15, -0.1) is 0 Å². The molecule has 0 amide bonds. The molecule has 0 bridgehead atoms. The Bertz CT molecular complexity index is 409. The number of esters is 1. The summed E-state index contributed by atoms with van der Waals surface area (Å²) in [5.41, 5.74) is 3.01. The van der Waals surface area contributed by atoms with Crippen LogP contribution in [-0.2, 0) is 11.3 Å². The zero-order chi connectivity index (χ0) is 13.5. The average Bonchev–Trinajstić information content (AvgIpc) is 2.37. The molecule has 0 saturated heterocycles. The number of carbonyl (C=O) groups excluding carboxylic acids is 1. The first-order valence-corrected chi connectivity index (χ1v) is 6.22. The van der Waals surface area contributed by atoms with Crippen molar-refractivity contribution in [1.29, 1.82) is 0 Å². The van der Waals surface area contributed by atoms with Crippen LogP contribution in [0.1, 0.15) is 29.8 Å². The first kappa shape index (κ1) is 14.5. The van der Waals surface area contributed by atoms with Crippen LogP contribution in [0.4, 0.5) is 0 Å². The van der Waals surface area contributed by atoms with Crippen LogP contribution in [0.25, 0.3) is 0 Å². The number of hydrogen-bond donors (Lipinski definition) is 1. The van der Waals surface area contributed by atoms with Crippen LogP contribution in [0.15, 0.2) is 36.4 Å². The quantitative estimate of drug-likeness (QED) is 0.610. The van der Waals surface area contributed by atoms with Crippen LogP contribution < -0.4 is 4.90 Å². The first-order valence-electron chi connectivity index (χ1n) is 6.22. The second-order valence-corrected chi connectivity index (χ2v) is 4.60. The topological polar surface area (TPSA) is 30.7 Å². The molecule has 3 nitrogen and oxygen atoms in total. The van der Waals surface area contributed by atoms with Crippen molar-refractivity contribution >= 4 is 5.97 Å². The minimum Gasteiger partial charge on any atom is -0.465 e. The highest BCUT2D eigenvalue weighted by Gasteiger charge is 2.09. The van der Waals surface area contributed by atoms with Gasteiger partial charge in [-0.3, -0.25) is 0 Å². The van der Waals surface area contributed by atoms with E-state index in [4.69, 9.17) is 0 Å². The van der Waals surface area contributed by atoms with Gasteiger partial charge in [0.05, 0.1) is 25.8 Å². The van der Waals surface area contributed by atoms with Crippen LogP contribution in [0.3, 0.4) is 0 Å². The maximum absolute atomic E-state index is 11.3. The Morgan fingerprint density at radius 1 is 1.33 bits per heavy atom. The number of nitrogens with one attached hydrogen (secondary N) is 1. The Hall–Kier alpha value is -1.61. The molecule has 0 saturated carbocycles. The Morgan fingerprint density at radius 3 is 2.39 bits per heavy atom. The van der Waals surface area contributed by atoms with Crippen molar-refractivity contribution in [1.82, 2.24) is 0 Å². The largest absolute Gasteiger partial charge is 0.465 e. The third-order valence-electron chi connectivity index (χ3n) is 2.88. The Morgan fingerprint density at radius 2 is 1.94 bits per heavy atom. The Labute approximate surface area is 109 Å². The molecule has 0 aliphatic rings. The van der Waals surface area contributed by atoms with Crippen LogP contribution in [0, 0.1) is 0 Å². The predicted octanol–water partition coefficient (Wildman–Crippen LogP) is 1.45. The van der Waals surface area contributed by atoms with Gasteiger partial charge in [-0.1, -0.05) is 18.7 Å². The van der Waals surface area contributed by atoms with Gasteiger partial charge in [-0.2, -0.15) is 0 Å². The lowest BCUT2D eigenvalue weighted by Crippen LogP contribution is -3.10. The van der Waals surface area contributed by atoms with Crippen LogP contribution in [0.2, 0.25) is 0 Å². The molecule has 1 aromatic rings. The van der Waals surface area contributed by atoms with Crippen molar-refractivity contribution in [3.05, 3.63) is 47.5 Å². The van der Waals surface area contributed by atoms with E-state index in [-0.39, 0.29) is 5.97 Å². The SMILES string of the molecule is C=C(C)C[NH+](CC)Cc1ccc(C(=O)OC)cc1. The van der Waals surface area contributed by atoms with E-state index in [1.807, 2.05) is 24.3 Å². The summed E-state index contributed by atoms with van der Waals surface area (Å²) in [6.07, 6.45) is 0. The summed E-state index contributed by atoms with van der Waals surface area (Å²) in [5, 5.41) is 0. The molecule has 1 unspecified atom stereocenters. The number of rotatable bonds is 6. The van der Waals surface area contributed by atoms with E-state index in [1.165, 1.54) is 23.1 Å². The fourth-order valence-electron chi connectivity index (χ4n) is 1.90. The van der Waals surface area contributed by atoms with Gasteiger partial charge in [-0.25, -0.2) is 4.79 Å². The Kier molecular flexibility index (Phi) is 5.59. The van der Waals surface area contributed by atoms with Gasteiger partial charge in [0.25, 0.3) is 0 Å². The summed E-state index contributed by atoms with van der Waals surface area (Å²) >= 11 is 0. The number of ether oxygens (including phenoxy) is 1. The summed E-state index contributed by atoms with van der Waals surface area (Å²) < 4.78 is 4.68. The molecule has 1 aromatic carbocycles. The molecule has 0 aliphatic carbocycles. The van der Waals surface area contributed by atoms with E-state index in [2.05, 4.69) is 25.2 Å². The fourth-order valence-corrected chi connectivity index (χ4v) is 1.90. The molecule has 0 aromatic heterocycles. The third kappa shape index (κ3) is 4.34. The van der Waals surface area contributed by atoms with Crippen molar-refractivity contribution < 1.29 is 14.4 Å². The molecular formula is C15H22NO2+. The number of benzene rings is 1. The third-order valence-corrected chi connectivity index (χ3v) is 2.88. The van der Waals surface area contributed by atoms with E-state index < -0.39 is 0 Å². The number of quaternary nitrogens is 1. The molecule has 18 heavy (non-hydrogen) atoms. The molecule has 0 aliphatic heterocycles. The molecule has 1 rings (SSSR count). The first-order chi connectivity index (χ1) is 8.56. The fraction of sp³-hybridized carbons (Fsp3) is 0.400. The van der Waals surface area contributed by atoms with Crippen molar-refractivity contribution in [2.24, 2.45) is 0 Å². The minimum atomic E-state index is -0.289. The van der Waals surface area contributed by atoms with Gasteiger partial charge < -0.3 is 9.64 Å². The lowest BCUT2D eigenvalue weighted by atomic mass is 10.1. The van der Waals surface area contributed by atoms with Gasteiger partial charge in [0.2, 0.25) is 0 Å². The maximum atomic E-state index is 11.3. The van der Waals surface area contributed by atoms with Crippen molar-refractivity contribution in [2.75, 3.05) is 20.2 Å². The molecule has 1 atom stereocenters. The normalized spacial score (nSPS) is 11.9. The molecule has 3 heteroatoms. The van der Waals surface area contributed by atoms with Crippen LogP contribution in [0.5, 0.6) is 0 Å². The van der Waals surface area contributed by atoms with E-state index in [1.54, 1.807) is 0 Å². The lowest BCUT2D eigenvalue weighted by Gasteiger charge is -2.17. The van der Waals surface area contributed by atoms with Gasteiger partial charge in [-0.05, 0) is 31.6 Å². The average molecular weight is 248 g/mol. The summed E-state index contributed by atoms with van der Waals surface area (Å²) in [7, 11) is 1.39. The zero-order valence-corrected chi connectivity index (χ0v) is 11.5. The Balaban J connectivity index is 2.67. The molecule has 0 spiro atoms. The highest BCUT2D eigenvalue weighted by Crippen LogP contribution is 2.04.